The number of rotatable bonds is 2. The molecule has 0 fully saturated rings. The van der Waals surface area contributed by atoms with Gasteiger partial charge in [0.15, 0.2) is 5.11 Å². The Balaban J connectivity index is 3.83. The van der Waals surface area contributed by atoms with Gasteiger partial charge < -0.3 is 10.2 Å². The van der Waals surface area contributed by atoms with Crippen LogP contribution in [-0.4, -0.2) is 43.0 Å². The van der Waals surface area contributed by atoms with Gasteiger partial charge in [0.1, 0.15) is 5.88 Å². The van der Waals surface area contributed by atoms with Crippen LogP contribution in [0.1, 0.15) is 0 Å². The second-order valence-corrected chi connectivity index (χ2v) is 3.94. The van der Waals surface area contributed by atoms with Gasteiger partial charge in [-0.15, -0.1) is 0 Å². The van der Waals surface area contributed by atoms with Crippen molar-refractivity contribution in [3.8, 4) is 0 Å². The zero-order chi connectivity index (χ0) is 9.07. The summed E-state index contributed by atoms with van der Waals surface area (Å²) in [5, 5.41) is 2.61. The van der Waals surface area contributed by atoms with E-state index in [1.54, 1.807) is 14.1 Å². The van der Waals surface area contributed by atoms with E-state index in [4.69, 9.17) is 4.55 Å². The van der Waals surface area contributed by atoms with Crippen molar-refractivity contribution in [2.24, 2.45) is 0 Å². The summed E-state index contributed by atoms with van der Waals surface area (Å²) in [4.78, 5) is 1.53. The van der Waals surface area contributed by atoms with E-state index in [0.717, 1.165) is 0 Å². The Kier molecular flexibility index (Phi) is 3.70. The smallest absolute Gasteiger partial charge is 0.283 e. The summed E-state index contributed by atoms with van der Waals surface area (Å²) in [6, 6.07) is 0. The van der Waals surface area contributed by atoms with Crippen LogP contribution in [0.4, 0.5) is 0 Å². The van der Waals surface area contributed by atoms with Gasteiger partial charge in [-0.1, -0.05) is 0 Å². The molecule has 0 bridgehead atoms. The third kappa shape index (κ3) is 6.02. The van der Waals surface area contributed by atoms with Gasteiger partial charge in [-0.2, -0.15) is 8.42 Å². The van der Waals surface area contributed by atoms with Gasteiger partial charge in [-0.05, 0) is 12.2 Å². The molecule has 66 valence electrons. The average molecular weight is 198 g/mol. The molecule has 0 aliphatic carbocycles. The highest BCUT2D eigenvalue weighted by atomic mass is 32.2. The Morgan fingerprint density at radius 3 is 2.36 bits per heavy atom. The summed E-state index contributed by atoms with van der Waals surface area (Å²) in [7, 11) is -0.646. The molecule has 5 nitrogen and oxygen atoms in total. The lowest BCUT2D eigenvalue weighted by Gasteiger charge is -2.13. The standard InChI is InChI=1S/C4H10N2O3S2/c1-6(2)4(10)5-3-11(7,8)9/h3H2,1-2H3,(H,5,10)(H,7,8,9). The minimum absolute atomic E-state index is 0.266. The number of nitrogens with one attached hydrogen (secondary N) is 1. The molecule has 0 aromatic rings. The van der Waals surface area contributed by atoms with Gasteiger partial charge >= 0.3 is 0 Å². The largest absolute Gasteiger partial charge is 0.355 e. The molecule has 0 radical (unpaired) electrons. The van der Waals surface area contributed by atoms with Gasteiger partial charge in [0.05, 0.1) is 0 Å². The fourth-order valence-corrected chi connectivity index (χ4v) is 0.794. The van der Waals surface area contributed by atoms with Crippen LogP contribution in [-0.2, 0) is 10.1 Å². The van der Waals surface area contributed by atoms with Crippen molar-refractivity contribution in [2.45, 2.75) is 0 Å². The third-order valence-electron chi connectivity index (χ3n) is 0.812. The average Bonchev–Trinajstić information content (AvgIpc) is 1.80. The summed E-state index contributed by atoms with van der Waals surface area (Å²) >= 11 is 4.69. The monoisotopic (exact) mass is 198 g/mol. The summed E-state index contributed by atoms with van der Waals surface area (Å²) in [6.45, 7) is 0. The predicted octanol–water partition coefficient (Wildman–Crippen LogP) is -0.732. The van der Waals surface area contributed by atoms with E-state index in [-0.39, 0.29) is 5.11 Å². The maximum absolute atomic E-state index is 10.2. The molecular formula is C4H10N2O3S2. The van der Waals surface area contributed by atoms with Crippen molar-refractivity contribution in [1.82, 2.24) is 10.2 Å². The quantitative estimate of drug-likeness (QED) is 0.450. The van der Waals surface area contributed by atoms with Crippen molar-refractivity contribution in [1.29, 1.82) is 0 Å². The Hall–Kier alpha value is -0.400. The molecule has 0 amide bonds. The molecule has 0 spiro atoms. The number of nitrogens with zero attached hydrogens (tertiary/aromatic N) is 1. The lowest BCUT2D eigenvalue weighted by molar-refractivity contribution is 0.479. The molecule has 0 saturated carbocycles. The Morgan fingerprint density at radius 1 is 1.64 bits per heavy atom. The summed E-state index contributed by atoms with van der Waals surface area (Å²) < 4.78 is 28.6. The van der Waals surface area contributed by atoms with E-state index in [1.807, 2.05) is 0 Å². The maximum Gasteiger partial charge on any atom is 0.283 e. The minimum Gasteiger partial charge on any atom is -0.355 e. The van der Waals surface area contributed by atoms with Crippen molar-refractivity contribution in [3.63, 3.8) is 0 Å². The second-order valence-electron chi connectivity index (χ2n) is 2.10. The lowest BCUT2D eigenvalue weighted by Crippen LogP contribution is -2.37. The maximum atomic E-state index is 10.2. The summed E-state index contributed by atoms with van der Waals surface area (Å²) in [6.07, 6.45) is 0. The first-order chi connectivity index (χ1) is 4.83. The fraction of sp³-hybridized carbons (Fsp3) is 0.750. The van der Waals surface area contributed by atoms with E-state index in [1.165, 1.54) is 4.90 Å². The molecule has 0 heterocycles. The summed E-state index contributed by atoms with van der Waals surface area (Å²) in [5.41, 5.74) is 0. The van der Waals surface area contributed by atoms with Crippen LogP contribution in [0, 0.1) is 0 Å². The molecule has 2 N–H and O–H groups in total. The van der Waals surface area contributed by atoms with Crippen LogP contribution < -0.4 is 5.32 Å². The normalized spacial score (nSPS) is 10.8. The second kappa shape index (κ2) is 3.84. The zero-order valence-corrected chi connectivity index (χ0v) is 7.87. The third-order valence-corrected chi connectivity index (χ3v) is 1.83. The SMILES string of the molecule is CN(C)C(=S)NCS(=O)(=O)O. The molecule has 0 aromatic heterocycles. The van der Waals surface area contributed by atoms with E-state index in [0.29, 0.717) is 0 Å². The molecule has 0 saturated heterocycles. The molecule has 0 unspecified atom stereocenters. The molecular weight excluding hydrogens is 188 g/mol. The molecule has 11 heavy (non-hydrogen) atoms. The lowest BCUT2D eigenvalue weighted by atomic mass is 10.9. The van der Waals surface area contributed by atoms with Crippen LogP contribution in [0.15, 0.2) is 0 Å². The van der Waals surface area contributed by atoms with Gasteiger partial charge in [0, 0.05) is 14.1 Å². The molecule has 0 atom stereocenters. The zero-order valence-electron chi connectivity index (χ0n) is 6.23. The number of hydrogen-bond acceptors (Lipinski definition) is 3. The van der Waals surface area contributed by atoms with Crippen LogP contribution >= 0.6 is 12.2 Å². The first kappa shape index (κ1) is 10.6. The molecule has 0 aromatic carbocycles. The topological polar surface area (TPSA) is 69.6 Å². The van der Waals surface area contributed by atoms with Crippen LogP contribution in [0.25, 0.3) is 0 Å². The van der Waals surface area contributed by atoms with E-state index >= 15 is 0 Å². The Labute approximate surface area is 71.1 Å². The molecule has 0 aliphatic heterocycles. The first-order valence-electron chi connectivity index (χ1n) is 2.73. The molecule has 7 heteroatoms. The molecule has 0 rings (SSSR count). The van der Waals surface area contributed by atoms with Crippen LogP contribution in [0.3, 0.4) is 0 Å². The number of thiocarbonyl (C=S) groups is 1. The highest BCUT2D eigenvalue weighted by Crippen LogP contribution is 1.81. The van der Waals surface area contributed by atoms with Crippen LogP contribution in [0.5, 0.6) is 0 Å². The summed E-state index contributed by atoms with van der Waals surface area (Å²) in [5.74, 6) is -0.552. The Morgan fingerprint density at radius 2 is 2.09 bits per heavy atom. The van der Waals surface area contributed by atoms with Gasteiger partial charge in [0.2, 0.25) is 0 Å². The van der Waals surface area contributed by atoms with E-state index < -0.39 is 16.0 Å². The van der Waals surface area contributed by atoms with Crippen molar-refractivity contribution in [3.05, 3.63) is 0 Å². The number of hydrogen-bond donors (Lipinski definition) is 2. The van der Waals surface area contributed by atoms with Crippen LogP contribution in [0.2, 0.25) is 0 Å². The van der Waals surface area contributed by atoms with Crippen molar-refractivity contribution >= 4 is 27.4 Å². The van der Waals surface area contributed by atoms with Crippen molar-refractivity contribution in [2.75, 3.05) is 20.0 Å². The highest BCUT2D eigenvalue weighted by Gasteiger charge is 2.05. The van der Waals surface area contributed by atoms with Gasteiger partial charge in [-0.25, -0.2) is 0 Å². The Bertz CT molecular complexity index is 234. The fourth-order valence-electron chi connectivity index (χ4n) is 0.311. The van der Waals surface area contributed by atoms with E-state index in [9.17, 15) is 8.42 Å². The predicted molar refractivity (Wildman–Crippen MR) is 45.8 cm³/mol. The van der Waals surface area contributed by atoms with Crippen molar-refractivity contribution < 1.29 is 13.0 Å². The highest BCUT2D eigenvalue weighted by molar-refractivity contribution is 7.85. The first-order valence-corrected chi connectivity index (χ1v) is 4.75. The minimum atomic E-state index is -3.98. The van der Waals surface area contributed by atoms with Gasteiger partial charge in [-0.3, -0.25) is 4.55 Å². The van der Waals surface area contributed by atoms with Gasteiger partial charge in [0.25, 0.3) is 10.1 Å². The molecule has 0 aliphatic rings. The van der Waals surface area contributed by atoms with E-state index in [2.05, 4.69) is 17.5 Å².